The summed E-state index contributed by atoms with van der Waals surface area (Å²) in [6, 6.07) is 0.335. The normalized spacial score (nSPS) is 28.3. The van der Waals surface area contributed by atoms with Crippen LogP contribution < -0.4 is 5.32 Å². The molecule has 0 radical (unpaired) electrons. The molecule has 3 rings (SSSR count). The molecule has 6 nitrogen and oxygen atoms in total. The molecule has 0 aromatic heterocycles. The van der Waals surface area contributed by atoms with Crippen molar-refractivity contribution in [3.63, 3.8) is 0 Å². The van der Waals surface area contributed by atoms with Crippen molar-refractivity contribution in [2.75, 3.05) is 52.9 Å². The van der Waals surface area contributed by atoms with Crippen molar-refractivity contribution in [1.29, 1.82) is 0 Å². The van der Waals surface area contributed by atoms with Gasteiger partial charge in [0.2, 0.25) is 11.8 Å². The van der Waals surface area contributed by atoms with E-state index in [1.165, 1.54) is 12.8 Å². The number of likely N-dealkylation sites (tertiary alicyclic amines) is 3. The molecule has 0 aliphatic carbocycles. The minimum atomic E-state index is 0.292. The van der Waals surface area contributed by atoms with Crippen molar-refractivity contribution in [3.8, 4) is 0 Å². The first-order valence-electron chi connectivity index (χ1n) is 9.63. The van der Waals surface area contributed by atoms with E-state index in [4.69, 9.17) is 0 Å². The molecule has 24 heavy (non-hydrogen) atoms. The molecule has 3 aliphatic heterocycles. The number of likely N-dealkylation sites (N-methyl/N-ethyl adjacent to an activating group) is 1. The van der Waals surface area contributed by atoms with Crippen LogP contribution in [-0.2, 0) is 9.59 Å². The molecule has 0 spiro atoms. The van der Waals surface area contributed by atoms with Gasteiger partial charge in [-0.3, -0.25) is 9.59 Å². The number of piperidine rings is 2. The number of fused-ring (bicyclic) bond motifs is 1. The Morgan fingerprint density at radius 1 is 1.17 bits per heavy atom. The van der Waals surface area contributed by atoms with Gasteiger partial charge in [0.15, 0.2) is 0 Å². The SMILES string of the molecule is CNCCN1C(=O)CC[C@H]2CN(C(=O)CCN3CCCC3)CC[C@H]21. The Morgan fingerprint density at radius 2 is 1.96 bits per heavy atom. The highest BCUT2D eigenvalue weighted by Crippen LogP contribution is 2.31. The molecule has 6 heteroatoms. The Bertz CT molecular complexity index is 450. The summed E-state index contributed by atoms with van der Waals surface area (Å²) in [4.78, 5) is 31.3. The Hall–Kier alpha value is -1.14. The molecule has 1 N–H and O–H groups in total. The highest BCUT2D eigenvalue weighted by molar-refractivity contribution is 5.78. The van der Waals surface area contributed by atoms with Crippen LogP contribution in [0.2, 0.25) is 0 Å². The van der Waals surface area contributed by atoms with Crippen molar-refractivity contribution < 1.29 is 9.59 Å². The molecule has 3 fully saturated rings. The topological polar surface area (TPSA) is 55.9 Å². The van der Waals surface area contributed by atoms with E-state index in [9.17, 15) is 9.59 Å². The quantitative estimate of drug-likeness (QED) is 0.769. The summed E-state index contributed by atoms with van der Waals surface area (Å²) < 4.78 is 0. The molecule has 2 amide bonds. The first-order valence-corrected chi connectivity index (χ1v) is 9.63. The molecule has 136 valence electrons. The maximum Gasteiger partial charge on any atom is 0.223 e. The number of carbonyl (C=O) groups excluding carboxylic acids is 2. The van der Waals surface area contributed by atoms with E-state index < -0.39 is 0 Å². The van der Waals surface area contributed by atoms with Gasteiger partial charge in [0.1, 0.15) is 0 Å². The number of hydrogen-bond acceptors (Lipinski definition) is 4. The van der Waals surface area contributed by atoms with Crippen molar-refractivity contribution in [2.24, 2.45) is 5.92 Å². The fourth-order valence-corrected chi connectivity index (χ4v) is 4.52. The van der Waals surface area contributed by atoms with E-state index in [1.54, 1.807) is 0 Å². The molecule has 2 atom stereocenters. The Morgan fingerprint density at radius 3 is 2.71 bits per heavy atom. The fraction of sp³-hybridized carbons (Fsp3) is 0.889. The lowest BCUT2D eigenvalue weighted by atomic mass is 9.83. The van der Waals surface area contributed by atoms with Crippen LogP contribution in [0.5, 0.6) is 0 Å². The monoisotopic (exact) mass is 336 g/mol. The van der Waals surface area contributed by atoms with Crippen molar-refractivity contribution in [1.82, 2.24) is 20.0 Å². The van der Waals surface area contributed by atoms with Crippen molar-refractivity contribution >= 4 is 11.8 Å². The molecule has 3 aliphatic rings. The Kier molecular flexibility index (Phi) is 6.11. The van der Waals surface area contributed by atoms with Gasteiger partial charge < -0.3 is 20.0 Å². The molecular formula is C18H32N4O2. The second-order valence-corrected chi connectivity index (χ2v) is 7.48. The van der Waals surface area contributed by atoms with Crippen LogP contribution in [0.1, 0.15) is 38.5 Å². The van der Waals surface area contributed by atoms with Gasteiger partial charge in [-0.2, -0.15) is 0 Å². The Labute approximate surface area is 145 Å². The lowest BCUT2D eigenvalue weighted by Gasteiger charge is -2.47. The van der Waals surface area contributed by atoms with Gasteiger partial charge in [0.05, 0.1) is 0 Å². The second-order valence-electron chi connectivity index (χ2n) is 7.48. The van der Waals surface area contributed by atoms with Crippen LogP contribution in [0.4, 0.5) is 0 Å². The number of carbonyl (C=O) groups is 2. The van der Waals surface area contributed by atoms with E-state index in [0.717, 1.165) is 58.7 Å². The second kappa shape index (κ2) is 8.30. The summed E-state index contributed by atoms with van der Waals surface area (Å²) in [5, 5.41) is 3.14. The highest BCUT2D eigenvalue weighted by atomic mass is 16.2. The molecule has 0 bridgehead atoms. The molecule has 0 aromatic carbocycles. The maximum absolute atomic E-state index is 12.6. The van der Waals surface area contributed by atoms with Gasteiger partial charge in [-0.05, 0) is 51.7 Å². The smallest absolute Gasteiger partial charge is 0.223 e. The van der Waals surface area contributed by atoms with Crippen molar-refractivity contribution in [3.05, 3.63) is 0 Å². The summed E-state index contributed by atoms with van der Waals surface area (Å²) in [5.74, 6) is 1.06. The summed E-state index contributed by atoms with van der Waals surface area (Å²) in [5.41, 5.74) is 0. The first kappa shape index (κ1) is 17.7. The maximum atomic E-state index is 12.6. The van der Waals surface area contributed by atoms with Gasteiger partial charge in [-0.15, -0.1) is 0 Å². The van der Waals surface area contributed by atoms with Gasteiger partial charge in [-0.1, -0.05) is 0 Å². The zero-order chi connectivity index (χ0) is 16.9. The van der Waals surface area contributed by atoms with Crippen LogP contribution in [0.3, 0.4) is 0 Å². The third kappa shape index (κ3) is 4.09. The van der Waals surface area contributed by atoms with E-state index in [-0.39, 0.29) is 0 Å². The molecule has 3 heterocycles. The van der Waals surface area contributed by atoms with Crippen LogP contribution in [0, 0.1) is 5.92 Å². The lowest BCUT2D eigenvalue weighted by molar-refractivity contribution is -0.144. The van der Waals surface area contributed by atoms with Gasteiger partial charge in [0, 0.05) is 51.6 Å². The average molecular weight is 336 g/mol. The largest absolute Gasteiger partial charge is 0.342 e. The zero-order valence-corrected chi connectivity index (χ0v) is 15.0. The minimum absolute atomic E-state index is 0.292. The third-order valence-electron chi connectivity index (χ3n) is 5.94. The summed E-state index contributed by atoms with van der Waals surface area (Å²) in [7, 11) is 1.92. The van der Waals surface area contributed by atoms with Crippen LogP contribution in [-0.4, -0.2) is 85.4 Å². The highest BCUT2D eigenvalue weighted by Gasteiger charge is 2.39. The first-order chi connectivity index (χ1) is 11.7. The number of nitrogens with one attached hydrogen (secondary N) is 1. The average Bonchev–Trinajstić information content (AvgIpc) is 3.12. The summed E-state index contributed by atoms with van der Waals surface area (Å²) in [6.07, 6.45) is 5.72. The van der Waals surface area contributed by atoms with E-state index in [1.807, 2.05) is 7.05 Å². The third-order valence-corrected chi connectivity index (χ3v) is 5.94. The lowest BCUT2D eigenvalue weighted by Crippen LogP contribution is -2.57. The summed E-state index contributed by atoms with van der Waals surface area (Å²) in [6.45, 7) is 6.50. The number of nitrogens with zero attached hydrogens (tertiary/aromatic N) is 3. The van der Waals surface area contributed by atoms with Crippen LogP contribution in [0.25, 0.3) is 0 Å². The molecule has 3 saturated heterocycles. The number of hydrogen-bond donors (Lipinski definition) is 1. The van der Waals surface area contributed by atoms with Crippen LogP contribution >= 0.6 is 0 Å². The fourth-order valence-electron chi connectivity index (χ4n) is 4.52. The predicted molar refractivity (Wildman–Crippen MR) is 93.6 cm³/mol. The minimum Gasteiger partial charge on any atom is -0.342 e. The molecular weight excluding hydrogens is 304 g/mol. The van der Waals surface area contributed by atoms with E-state index in [0.29, 0.717) is 36.6 Å². The van der Waals surface area contributed by atoms with E-state index in [2.05, 4.69) is 20.0 Å². The number of rotatable bonds is 6. The predicted octanol–water partition coefficient (Wildman–Crippen LogP) is 0.531. The zero-order valence-electron chi connectivity index (χ0n) is 15.0. The van der Waals surface area contributed by atoms with Gasteiger partial charge in [-0.25, -0.2) is 0 Å². The number of amides is 2. The van der Waals surface area contributed by atoms with E-state index >= 15 is 0 Å². The Balaban J connectivity index is 1.50. The summed E-state index contributed by atoms with van der Waals surface area (Å²) >= 11 is 0. The molecule has 0 aromatic rings. The van der Waals surface area contributed by atoms with Crippen molar-refractivity contribution in [2.45, 2.75) is 44.6 Å². The molecule has 0 unspecified atom stereocenters. The standard InChI is InChI=1S/C18H32N4O2/c1-19-8-13-22-16-6-12-21(14-15(16)4-5-18(22)24)17(23)7-11-20-9-2-3-10-20/h15-16,19H,2-14H2,1H3/t15-,16+/m0/s1. The molecule has 0 saturated carbocycles. The van der Waals surface area contributed by atoms with Gasteiger partial charge >= 0.3 is 0 Å². The van der Waals surface area contributed by atoms with Crippen LogP contribution in [0.15, 0.2) is 0 Å². The van der Waals surface area contributed by atoms with Gasteiger partial charge in [0.25, 0.3) is 0 Å².